The van der Waals surface area contributed by atoms with Gasteiger partial charge in [0, 0.05) is 63.0 Å². The number of amides is 5. The van der Waals surface area contributed by atoms with E-state index in [1.165, 1.54) is 4.90 Å². The Kier molecular flexibility index (Phi) is 13.1. The van der Waals surface area contributed by atoms with Gasteiger partial charge in [-0.25, -0.2) is 0 Å². The molecule has 11 heteroatoms. The molecule has 1 saturated heterocycles. The zero-order chi connectivity index (χ0) is 38.7. The van der Waals surface area contributed by atoms with Gasteiger partial charge in [-0.2, -0.15) is 0 Å². The second-order valence-corrected chi connectivity index (χ2v) is 14.1. The number of rotatable bonds is 16. The Morgan fingerprint density at radius 1 is 0.727 bits per heavy atom. The average Bonchev–Trinajstić information content (AvgIpc) is 3.45. The molecule has 0 bridgehead atoms. The molecule has 55 heavy (non-hydrogen) atoms. The summed E-state index contributed by atoms with van der Waals surface area (Å²) >= 11 is 0. The molecule has 0 saturated carbocycles. The summed E-state index contributed by atoms with van der Waals surface area (Å²) in [6, 6.07) is 28.5. The van der Waals surface area contributed by atoms with Crippen molar-refractivity contribution in [3.8, 4) is 5.75 Å². The number of imide groups is 1. The van der Waals surface area contributed by atoms with Crippen LogP contribution >= 0.6 is 0 Å². The predicted octanol–water partition coefficient (Wildman–Crippen LogP) is 6.55. The Hall–Kier alpha value is -5.81. The fourth-order valence-electron chi connectivity index (χ4n) is 6.99. The van der Waals surface area contributed by atoms with Gasteiger partial charge in [0.25, 0.3) is 23.6 Å². The monoisotopic (exact) mass is 743 g/mol. The van der Waals surface area contributed by atoms with Crippen LogP contribution in [-0.4, -0.2) is 97.7 Å². The van der Waals surface area contributed by atoms with E-state index in [0.29, 0.717) is 78.2 Å². The SMILES string of the molecule is CN1CCN(C(=O)CCCCCOc2ccccc2N(C)C(=O)c2ccc(NC(=O)c3ccccc3CCCCN3C(=O)c4ccccc4C3=O)cc2)CC1. The largest absolute Gasteiger partial charge is 0.491 e. The molecule has 5 amide bonds. The highest BCUT2D eigenvalue weighted by atomic mass is 16.5. The summed E-state index contributed by atoms with van der Waals surface area (Å²) in [6.07, 6.45) is 4.97. The molecule has 1 N–H and O–H groups in total. The quantitative estimate of drug-likeness (QED) is 0.102. The third-order valence-electron chi connectivity index (χ3n) is 10.3. The van der Waals surface area contributed by atoms with E-state index in [4.69, 9.17) is 4.74 Å². The van der Waals surface area contributed by atoms with Crippen LogP contribution in [0.25, 0.3) is 0 Å². The Morgan fingerprint density at radius 2 is 1.38 bits per heavy atom. The molecule has 0 atom stereocenters. The molecule has 4 aromatic carbocycles. The first-order valence-corrected chi connectivity index (χ1v) is 19.1. The molecule has 0 radical (unpaired) electrons. The smallest absolute Gasteiger partial charge is 0.261 e. The fourth-order valence-corrected chi connectivity index (χ4v) is 6.99. The summed E-state index contributed by atoms with van der Waals surface area (Å²) in [5.74, 6) is -0.170. The van der Waals surface area contributed by atoms with Crippen molar-refractivity contribution >= 4 is 40.9 Å². The number of unbranched alkanes of at least 4 members (excludes halogenated alkanes) is 3. The fraction of sp³-hybridized carbons (Fsp3) is 0.341. The number of nitrogens with zero attached hydrogens (tertiary/aromatic N) is 4. The summed E-state index contributed by atoms with van der Waals surface area (Å²) in [6.45, 7) is 4.24. The van der Waals surface area contributed by atoms with E-state index >= 15 is 0 Å². The summed E-state index contributed by atoms with van der Waals surface area (Å²) in [7, 11) is 3.79. The normalized spacial score (nSPS) is 14.1. The van der Waals surface area contributed by atoms with Crippen molar-refractivity contribution in [2.24, 2.45) is 0 Å². The minimum absolute atomic E-state index is 0.220. The Bertz CT molecular complexity index is 1970. The lowest BCUT2D eigenvalue weighted by atomic mass is 10.0. The number of fused-ring (bicyclic) bond motifs is 1. The molecule has 1 fully saturated rings. The third kappa shape index (κ3) is 9.66. The second-order valence-electron chi connectivity index (χ2n) is 14.1. The maximum atomic E-state index is 13.5. The molecule has 0 aromatic heterocycles. The van der Waals surface area contributed by atoms with Gasteiger partial charge in [0.2, 0.25) is 5.91 Å². The maximum absolute atomic E-state index is 13.5. The number of ether oxygens (including phenoxy) is 1. The molecule has 2 aliphatic heterocycles. The molecule has 2 aliphatic rings. The minimum atomic E-state index is -0.264. The van der Waals surface area contributed by atoms with Gasteiger partial charge < -0.3 is 24.8 Å². The van der Waals surface area contributed by atoms with Gasteiger partial charge in [-0.15, -0.1) is 0 Å². The van der Waals surface area contributed by atoms with Crippen LogP contribution in [0.5, 0.6) is 5.75 Å². The highest BCUT2D eigenvalue weighted by molar-refractivity contribution is 6.21. The third-order valence-corrected chi connectivity index (χ3v) is 10.3. The number of nitrogens with one attached hydrogen (secondary N) is 1. The van der Waals surface area contributed by atoms with Crippen molar-refractivity contribution in [1.82, 2.24) is 14.7 Å². The van der Waals surface area contributed by atoms with Crippen molar-refractivity contribution in [2.75, 3.05) is 63.6 Å². The van der Waals surface area contributed by atoms with Crippen LogP contribution in [0.15, 0.2) is 97.1 Å². The van der Waals surface area contributed by atoms with Crippen molar-refractivity contribution in [2.45, 2.75) is 44.9 Å². The van der Waals surface area contributed by atoms with E-state index in [2.05, 4.69) is 17.3 Å². The van der Waals surface area contributed by atoms with Crippen LogP contribution < -0.4 is 15.0 Å². The molecule has 0 spiro atoms. The van der Waals surface area contributed by atoms with Gasteiger partial charge >= 0.3 is 0 Å². The number of likely N-dealkylation sites (N-methyl/N-ethyl adjacent to an activating group) is 1. The highest BCUT2D eigenvalue weighted by Crippen LogP contribution is 2.29. The number of carbonyl (C=O) groups excluding carboxylic acids is 5. The Labute approximate surface area is 322 Å². The van der Waals surface area contributed by atoms with Crippen molar-refractivity contribution in [3.05, 3.63) is 125 Å². The van der Waals surface area contributed by atoms with Crippen molar-refractivity contribution in [3.63, 3.8) is 0 Å². The topological polar surface area (TPSA) is 120 Å². The lowest BCUT2D eigenvalue weighted by molar-refractivity contribution is -0.132. The van der Waals surface area contributed by atoms with Gasteiger partial charge in [0.1, 0.15) is 5.75 Å². The number of aryl methyl sites for hydroxylation is 1. The minimum Gasteiger partial charge on any atom is -0.491 e. The van der Waals surface area contributed by atoms with Crippen LogP contribution in [0.1, 0.15) is 85.5 Å². The molecule has 11 nitrogen and oxygen atoms in total. The summed E-state index contributed by atoms with van der Waals surface area (Å²) in [4.78, 5) is 71.9. The standard InChI is InChI=1S/C44H49N5O6/c1-46-27-29-48(30-28-46)40(50)21-4-3-13-31-55-39-20-10-9-19-38(39)47(2)42(52)33-22-24-34(25-23-33)45-41(51)35-16-6-5-14-32(35)15-11-12-26-49-43(53)36-17-7-8-18-37(36)44(49)54/h5-10,14,16-20,22-25H,3-4,11-13,15,21,26-31H2,1-2H3,(H,45,51). The first kappa shape index (κ1) is 38.9. The zero-order valence-electron chi connectivity index (χ0n) is 31.7. The van der Waals surface area contributed by atoms with Crippen molar-refractivity contribution in [1.29, 1.82) is 0 Å². The van der Waals surface area contributed by atoms with Gasteiger partial charge in [0.15, 0.2) is 0 Å². The number of para-hydroxylation sites is 2. The van der Waals surface area contributed by atoms with E-state index < -0.39 is 0 Å². The van der Waals surface area contributed by atoms with Crippen LogP contribution in [0.4, 0.5) is 11.4 Å². The number of anilines is 2. The van der Waals surface area contributed by atoms with Crippen LogP contribution in [-0.2, 0) is 11.2 Å². The van der Waals surface area contributed by atoms with Gasteiger partial charge in [-0.3, -0.25) is 28.9 Å². The van der Waals surface area contributed by atoms with Gasteiger partial charge in [-0.1, -0.05) is 42.5 Å². The van der Waals surface area contributed by atoms with E-state index in [0.717, 1.165) is 51.0 Å². The Morgan fingerprint density at radius 3 is 2.11 bits per heavy atom. The highest BCUT2D eigenvalue weighted by Gasteiger charge is 2.34. The number of piperazine rings is 1. The number of hydrogen-bond acceptors (Lipinski definition) is 7. The zero-order valence-corrected chi connectivity index (χ0v) is 31.7. The summed E-state index contributed by atoms with van der Waals surface area (Å²) in [5.41, 5.74) is 3.96. The number of hydrogen-bond donors (Lipinski definition) is 1. The van der Waals surface area contributed by atoms with E-state index in [-0.39, 0.29) is 29.5 Å². The maximum Gasteiger partial charge on any atom is 0.261 e. The molecular formula is C44H49N5O6. The Balaban J connectivity index is 0.957. The summed E-state index contributed by atoms with van der Waals surface area (Å²) in [5, 5.41) is 2.95. The summed E-state index contributed by atoms with van der Waals surface area (Å²) < 4.78 is 6.10. The molecule has 0 unspecified atom stereocenters. The molecule has 2 heterocycles. The molecule has 6 rings (SSSR count). The van der Waals surface area contributed by atoms with Crippen LogP contribution in [0, 0.1) is 0 Å². The van der Waals surface area contributed by atoms with Gasteiger partial charge in [-0.05, 0) is 106 Å². The van der Waals surface area contributed by atoms with Gasteiger partial charge in [0.05, 0.1) is 23.4 Å². The average molecular weight is 744 g/mol. The van der Waals surface area contributed by atoms with E-state index in [9.17, 15) is 24.0 Å². The molecular weight excluding hydrogens is 695 g/mol. The van der Waals surface area contributed by atoms with Crippen molar-refractivity contribution < 1.29 is 28.7 Å². The van der Waals surface area contributed by atoms with E-state index in [1.54, 1.807) is 66.5 Å². The first-order valence-electron chi connectivity index (χ1n) is 19.1. The number of benzene rings is 4. The molecule has 0 aliphatic carbocycles. The molecule has 4 aromatic rings. The van der Waals surface area contributed by atoms with Crippen LogP contribution in [0.3, 0.4) is 0 Å². The lowest BCUT2D eigenvalue weighted by Crippen LogP contribution is -2.47. The lowest BCUT2D eigenvalue weighted by Gasteiger charge is -2.32. The predicted molar refractivity (Wildman–Crippen MR) is 213 cm³/mol. The van der Waals surface area contributed by atoms with Crippen LogP contribution in [0.2, 0.25) is 0 Å². The molecule has 286 valence electrons. The van der Waals surface area contributed by atoms with E-state index in [1.807, 2.05) is 47.4 Å². The number of carbonyl (C=O) groups is 5. The first-order chi connectivity index (χ1) is 26.7. The second kappa shape index (κ2) is 18.5.